The number of amides is 2. The molecule has 0 aliphatic rings. The molecule has 5 heteroatoms. The summed E-state index contributed by atoms with van der Waals surface area (Å²) in [4.78, 5) is 23.4. The fourth-order valence-electron chi connectivity index (χ4n) is 1.69. The molecule has 1 aromatic carbocycles. The zero-order valence-electron chi connectivity index (χ0n) is 12.6. The van der Waals surface area contributed by atoms with Crippen LogP contribution in [-0.2, 0) is 4.79 Å². The summed E-state index contributed by atoms with van der Waals surface area (Å²) in [6, 6.07) is 7.09. The van der Waals surface area contributed by atoms with E-state index in [-0.39, 0.29) is 17.9 Å². The van der Waals surface area contributed by atoms with Crippen LogP contribution in [0.4, 0.5) is 0 Å². The lowest BCUT2D eigenvalue weighted by atomic mass is 10.1. The van der Waals surface area contributed by atoms with Crippen molar-refractivity contribution in [3.8, 4) is 0 Å². The topological polar surface area (TPSA) is 70.2 Å². The first-order chi connectivity index (χ1) is 10.0. The molecule has 0 aliphatic heterocycles. The molecule has 1 rings (SSSR count). The van der Waals surface area contributed by atoms with Gasteiger partial charge in [0.05, 0.1) is 6.04 Å². The Morgan fingerprint density at radius 2 is 1.86 bits per heavy atom. The Balaban J connectivity index is 2.24. The summed E-state index contributed by atoms with van der Waals surface area (Å²) in [7, 11) is 0. The summed E-state index contributed by atoms with van der Waals surface area (Å²) in [5, 5.41) is 8.56. The largest absolute Gasteiger partial charge is 0.351 e. The van der Waals surface area contributed by atoms with Crippen LogP contribution in [0, 0.1) is 6.92 Å². The molecule has 1 aromatic rings. The second-order valence-electron chi connectivity index (χ2n) is 4.83. The molecule has 114 valence electrons. The molecule has 1 unspecified atom stereocenters. The van der Waals surface area contributed by atoms with E-state index in [0.717, 1.165) is 5.56 Å². The highest BCUT2D eigenvalue weighted by molar-refractivity contribution is 5.94. The molecular formula is C16H23N3O2. The van der Waals surface area contributed by atoms with Crippen LogP contribution >= 0.6 is 0 Å². The minimum absolute atomic E-state index is 0.0836. The standard InChI is InChI=1S/C16H23N3O2/c1-4-9-18-15(20)13(3)17-10-11-19-16(21)14-7-5-12(2)6-8-14/h4-8,13,17H,1,9-11H2,2-3H3,(H,18,20)(H,19,21). The summed E-state index contributed by atoms with van der Waals surface area (Å²) in [6.07, 6.45) is 1.63. The number of carbonyl (C=O) groups is 2. The SMILES string of the molecule is C=CCNC(=O)C(C)NCCNC(=O)c1ccc(C)cc1. The highest BCUT2D eigenvalue weighted by Gasteiger charge is 2.10. The Labute approximate surface area is 125 Å². The normalized spacial score (nSPS) is 11.5. The average molecular weight is 289 g/mol. The van der Waals surface area contributed by atoms with E-state index in [9.17, 15) is 9.59 Å². The number of hydrogen-bond donors (Lipinski definition) is 3. The van der Waals surface area contributed by atoms with Crippen molar-refractivity contribution in [2.45, 2.75) is 19.9 Å². The van der Waals surface area contributed by atoms with E-state index in [1.807, 2.05) is 19.1 Å². The Morgan fingerprint density at radius 3 is 2.48 bits per heavy atom. The molecule has 0 spiro atoms. The van der Waals surface area contributed by atoms with Gasteiger partial charge in [0, 0.05) is 25.2 Å². The van der Waals surface area contributed by atoms with Crippen LogP contribution in [0.25, 0.3) is 0 Å². The maximum atomic E-state index is 11.8. The van der Waals surface area contributed by atoms with Crippen molar-refractivity contribution in [1.82, 2.24) is 16.0 Å². The van der Waals surface area contributed by atoms with E-state index in [4.69, 9.17) is 0 Å². The fourth-order valence-corrected chi connectivity index (χ4v) is 1.69. The van der Waals surface area contributed by atoms with Gasteiger partial charge in [0.15, 0.2) is 0 Å². The zero-order chi connectivity index (χ0) is 15.7. The van der Waals surface area contributed by atoms with Gasteiger partial charge in [0.25, 0.3) is 5.91 Å². The number of benzene rings is 1. The van der Waals surface area contributed by atoms with Crippen LogP contribution < -0.4 is 16.0 Å². The second-order valence-corrected chi connectivity index (χ2v) is 4.83. The third kappa shape index (κ3) is 6.23. The third-order valence-electron chi connectivity index (χ3n) is 2.99. The number of aryl methyl sites for hydroxylation is 1. The predicted octanol–water partition coefficient (Wildman–Crippen LogP) is 1.01. The van der Waals surface area contributed by atoms with Crippen LogP contribution in [0.2, 0.25) is 0 Å². The van der Waals surface area contributed by atoms with E-state index >= 15 is 0 Å². The van der Waals surface area contributed by atoms with Gasteiger partial charge in [-0.3, -0.25) is 9.59 Å². The van der Waals surface area contributed by atoms with E-state index in [1.54, 1.807) is 25.1 Å². The highest BCUT2D eigenvalue weighted by Crippen LogP contribution is 2.02. The Hall–Kier alpha value is -2.14. The quantitative estimate of drug-likeness (QED) is 0.494. The van der Waals surface area contributed by atoms with E-state index in [2.05, 4.69) is 22.5 Å². The minimum atomic E-state index is -0.304. The molecule has 21 heavy (non-hydrogen) atoms. The lowest BCUT2D eigenvalue weighted by Crippen LogP contribution is -2.44. The molecule has 0 radical (unpaired) electrons. The Morgan fingerprint density at radius 1 is 1.19 bits per heavy atom. The molecule has 5 nitrogen and oxygen atoms in total. The molecule has 3 N–H and O–H groups in total. The van der Waals surface area contributed by atoms with Gasteiger partial charge >= 0.3 is 0 Å². The van der Waals surface area contributed by atoms with Gasteiger partial charge < -0.3 is 16.0 Å². The summed E-state index contributed by atoms with van der Waals surface area (Å²) < 4.78 is 0. The maximum absolute atomic E-state index is 11.8. The van der Waals surface area contributed by atoms with Gasteiger partial charge in [0.1, 0.15) is 0 Å². The highest BCUT2D eigenvalue weighted by atomic mass is 16.2. The van der Waals surface area contributed by atoms with Gasteiger partial charge in [-0.25, -0.2) is 0 Å². The first-order valence-electron chi connectivity index (χ1n) is 7.01. The van der Waals surface area contributed by atoms with Gasteiger partial charge in [-0.05, 0) is 26.0 Å². The zero-order valence-corrected chi connectivity index (χ0v) is 12.6. The monoisotopic (exact) mass is 289 g/mol. The first kappa shape index (κ1) is 16.9. The van der Waals surface area contributed by atoms with Crippen LogP contribution in [-0.4, -0.2) is 37.5 Å². The lowest BCUT2D eigenvalue weighted by molar-refractivity contribution is -0.122. The van der Waals surface area contributed by atoms with Crippen LogP contribution in [0.1, 0.15) is 22.8 Å². The molecule has 0 heterocycles. The molecule has 0 bridgehead atoms. The molecule has 0 aliphatic carbocycles. The molecule has 0 saturated carbocycles. The minimum Gasteiger partial charge on any atom is -0.351 e. The van der Waals surface area contributed by atoms with Crippen LogP contribution in [0.15, 0.2) is 36.9 Å². The third-order valence-corrected chi connectivity index (χ3v) is 2.99. The van der Waals surface area contributed by atoms with Crippen molar-refractivity contribution < 1.29 is 9.59 Å². The van der Waals surface area contributed by atoms with Crippen LogP contribution in [0.3, 0.4) is 0 Å². The molecule has 2 amide bonds. The number of nitrogens with one attached hydrogen (secondary N) is 3. The number of carbonyl (C=O) groups excluding carboxylic acids is 2. The van der Waals surface area contributed by atoms with Crippen molar-refractivity contribution in [3.63, 3.8) is 0 Å². The Bertz CT molecular complexity index is 483. The summed E-state index contributed by atoms with van der Waals surface area (Å²) >= 11 is 0. The van der Waals surface area contributed by atoms with Gasteiger partial charge in [-0.1, -0.05) is 23.8 Å². The average Bonchev–Trinajstić information content (AvgIpc) is 2.49. The second kappa shape index (κ2) is 8.92. The molecule has 0 saturated heterocycles. The van der Waals surface area contributed by atoms with Gasteiger partial charge in [-0.2, -0.15) is 0 Å². The van der Waals surface area contributed by atoms with E-state index < -0.39 is 0 Å². The van der Waals surface area contributed by atoms with Crippen molar-refractivity contribution in [1.29, 1.82) is 0 Å². The van der Waals surface area contributed by atoms with Crippen molar-refractivity contribution >= 4 is 11.8 Å². The van der Waals surface area contributed by atoms with Gasteiger partial charge in [0.2, 0.25) is 5.91 Å². The number of hydrogen-bond acceptors (Lipinski definition) is 3. The Kier molecular flexibility index (Phi) is 7.18. The van der Waals surface area contributed by atoms with Crippen molar-refractivity contribution in [2.75, 3.05) is 19.6 Å². The lowest BCUT2D eigenvalue weighted by Gasteiger charge is -2.13. The summed E-state index contributed by atoms with van der Waals surface area (Å²) in [5.41, 5.74) is 1.75. The number of rotatable bonds is 8. The van der Waals surface area contributed by atoms with E-state index in [0.29, 0.717) is 25.2 Å². The van der Waals surface area contributed by atoms with Crippen molar-refractivity contribution in [2.24, 2.45) is 0 Å². The molecule has 0 aromatic heterocycles. The maximum Gasteiger partial charge on any atom is 0.251 e. The van der Waals surface area contributed by atoms with Gasteiger partial charge in [-0.15, -0.1) is 6.58 Å². The van der Waals surface area contributed by atoms with Crippen molar-refractivity contribution in [3.05, 3.63) is 48.0 Å². The first-order valence-corrected chi connectivity index (χ1v) is 7.01. The van der Waals surface area contributed by atoms with Crippen LogP contribution in [0.5, 0.6) is 0 Å². The molecule has 0 fully saturated rings. The smallest absolute Gasteiger partial charge is 0.251 e. The molecule has 1 atom stereocenters. The summed E-state index contributed by atoms with van der Waals surface area (Å²) in [5.74, 6) is -0.194. The fraction of sp³-hybridized carbons (Fsp3) is 0.375. The predicted molar refractivity (Wildman–Crippen MR) is 84.2 cm³/mol. The molecular weight excluding hydrogens is 266 g/mol. The summed E-state index contributed by atoms with van der Waals surface area (Å²) in [6.45, 7) is 8.74. The van der Waals surface area contributed by atoms with E-state index in [1.165, 1.54) is 0 Å².